The molecule has 0 bridgehead atoms. The minimum absolute atomic E-state index is 0.0430. The molecule has 82 valence electrons. The SMILES string of the molecule is C=C(C)C(=O)NCCCNCCCC. The zero-order chi connectivity index (χ0) is 10.8. The van der Waals surface area contributed by atoms with E-state index in [9.17, 15) is 4.79 Å². The minimum Gasteiger partial charge on any atom is -0.352 e. The lowest BCUT2D eigenvalue weighted by atomic mass is 10.3. The van der Waals surface area contributed by atoms with E-state index in [4.69, 9.17) is 0 Å². The van der Waals surface area contributed by atoms with Crippen molar-refractivity contribution in [3.8, 4) is 0 Å². The lowest BCUT2D eigenvalue weighted by Gasteiger charge is -2.05. The summed E-state index contributed by atoms with van der Waals surface area (Å²) in [4.78, 5) is 11.0. The van der Waals surface area contributed by atoms with Crippen LogP contribution in [0, 0.1) is 0 Å². The number of carbonyl (C=O) groups excluding carboxylic acids is 1. The average molecular weight is 198 g/mol. The van der Waals surface area contributed by atoms with Gasteiger partial charge in [0.2, 0.25) is 5.91 Å². The van der Waals surface area contributed by atoms with Gasteiger partial charge in [-0.3, -0.25) is 4.79 Å². The van der Waals surface area contributed by atoms with Gasteiger partial charge in [-0.2, -0.15) is 0 Å². The van der Waals surface area contributed by atoms with Crippen molar-refractivity contribution in [2.45, 2.75) is 33.1 Å². The Morgan fingerprint density at radius 3 is 2.43 bits per heavy atom. The van der Waals surface area contributed by atoms with Crippen LogP contribution in [0.5, 0.6) is 0 Å². The van der Waals surface area contributed by atoms with Crippen molar-refractivity contribution in [3.63, 3.8) is 0 Å². The third-order valence-electron chi connectivity index (χ3n) is 1.91. The molecule has 0 aromatic heterocycles. The first-order chi connectivity index (χ1) is 6.68. The van der Waals surface area contributed by atoms with Gasteiger partial charge in [0.15, 0.2) is 0 Å². The van der Waals surface area contributed by atoms with Gasteiger partial charge in [0.05, 0.1) is 0 Å². The second kappa shape index (κ2) is 8.75. The summed E-state index contributed by atoms with van der Waals surface area (Å²) in [5.41, 5.74) is 0.573. The average Bonchev–Trinajstić information content (AvgIpc) is 2.16. The lowest BCUT2D eigenvalue weighted by Crippen LogP contribution is -2.27. The number of hydrogen-bond acceptors (Lipinski definition) is 2. The Hall–Kier alpha value is -0.830. The zero-order valence-corrected chi connectivity index (χ0v) is 9.36. The molecule has 0 aliphatic carbocycles. The Balaban J connectivity index is 3.13. The Morgan fingerprint density at radius 2 is 1.86 bits per heavy atom. The first-order valence-electron chi connectivity index (χ1n) is 5.33. The predicted octanol–water partition coefficient (Wildman–Crippen LogP) is 1.46. The summed E-state index contributed by atoms with van der Waals surface area (Å²) in [7, 11) is 0. The Kier molecular flexibility index (Phi) is 8.24. The summed E-state index contributed by atoms with van der Waals surface area (Å²) >= 11 is 0. The first kappa shape index (κ1) is 13.2. The van der Waals surface area contributed by atoms with Crippen LogP contribution in [0.25, 0.3) is 0 Å². The van der Waals surface area contributed by atoms with Crippen molar-refractivity contribution in [3.05, 3.63) is 12.2 Å². The van der Waals surface area contributed by atoms with E-state index in [2.05, 4.69) is 24.1 Å². The van der Waals surface area contributed by atoms with E-state index in [-0.39, 0.29) is 5.91 Å². The number of carbonyl (C=O) groups is 1. The molecule has 3 heteroatoms. The smallest absolute Gasteiger partial charge is 0.246 e. The maximum Gasteiger partial charge on any atom is 0.246 e. The summed E-state index contributed by atoms with van der Waals surface area (Å²) in [5.74, 6) is -0.0430. The summed E-state index contributed by atoms with van der Waals surface area (Å²) in [6, 6.07) is 0. The van der Waals surface area contributed by atoms with Gasteiger partial charge in [-0.1, -0.05) is 19.9 Å². The van der Waals surface area contributed by atoms with Crippen LogP contribution < -0.4 is 10.6 Å². The Bertz CT molecular complexity index is 178. The quantitative estimate of drug-likeness (QED) is 0.458. The van der Waals surface area contributed by atoms with E-state index in [0.29, 0.717) is 5.57 Å². The van der Waals surface area contributed by atoms with Crippen LogP contribution in [-0.2, 0) is 4.79 Å². The van der Waals surface area contributed by atoms with Gasteiger partial charge in [-0.05, 0) is 32.9 Å². The maximum absolute atomic E-state index is 11.0. The van der Waals surface area contributed by atoms with E-state index in [1.165, 1.54) is 12.8 Å². The van der Waals surface area contributed by atoms with Crippen LogP contribution in [0.2, 0.25) is 0 Å². The minimum atomic E-state index is -0.0430. The number of hydrogen-bond donors (Lipinski definition) is 2. The van der Waals surface area contributed by atoms with Gasteiger partial charge in [0.1, 0.15) is 0 Å². The fourth-order valence-corrected chi connectivity index (χ4v) is 0.993. The van der Waals surface area contributed by atoms with Gasteiger partial charge >= 0.3 is 0 Å². The Morgan fingerprint density at radius 1 is 1.21 bits per heavy atom. The van der Waals surface area contributed by atoms with Crippen molar-refractivity contribution >= 4 is 5.91 Å². The highest BCUT2D eigenvalue weighted by molar-refractivity contribution is 5.91. The molecule has 0 aliphatic heterocycles. The molecule has 0 aromatic carbocycles. The van der Waals surface area contributed by atoms with Crippen LogP contribution in [0.3, 0.4) is 0 Å². The highest BCUT2D eigenvalue weighted by Crippen LogP contribution is 1.86. The van der Waals surface area contributed by atoms with Crippen LogP contribution in [0.4, 0.5) is 0 Å². The van der Waals surface area contributed by atoms with Gasteiger partial charge in [-0.15, -0.1) is 0 Å². The maximum atomic E-state index is 11.0. The fraction of sp³-hybridized carbons (Fsp3) is 0.727. The number of nitrogens with one attached hydrogen (secondary N) is 2. The molecule has 0 unspecified atom stereocenters. The third kappa shape index (κ3) is 7.80. The van der Waals surface area contributed by atoms with Gasteiger partial charge in [-0.25, -0.2) is 0 Å². The van der Waals surface area contributed by atoms with Crippen molar-refractivity contribution in [1.82, 2.24) is 10.6 Å². The molecular weight excluding hydrogens is 176 g/mol. The molecule has 0 aliphatic rings. The third-order valence-corrected chi connectivity index (χ3v) is 1.91. The molecule has 0 saturated carbocycles. The fourth-order valence-electron chi connectivity index (χ4n) is 0.993. The predicted molar refractivity (Wildman–Crippen MR) is 60.2 cm³/mol. The van der Waals surface area contributed by atoms with Crippen LogP contribution >= 0.6 is 0 Å². The summed E-state index contributed by atoms with van der Waals surface area (Å²) < 4.78 is 0. The van der Waals surface area contributed by atoms with E-state index in [1.54, 1.807) is 6.92 Å². The summed E-state index contributed by atoms with van der Waals surface area (Å²) in [5, 5.41) is 6.11. The van der Waals surface area contributed by atoms with E-state index in [1.807, 2.05) is 0 Å². The number of rotatable bonds is 8. The molecule has 0 radical (unpaired) electrons. The molecule has 0 rings (SSSR count). The molecular formula is C11H22N2O. The molecule has 0 aromatic rings. The number of amides is 1. The topological polar surface area (TPSA) is 41.1 Å². The highest BCUT2D eigenvalue weighted by Gasteiger charge is 1.98. The van der Waals surface area contributed by atoms with Gasteiger partial charge in [0, 0.05) is 12.1 Å². The molecule has 2 N–H and O–H groups in total. The van der Waals surface area contributed by atoms with Crippen molar-refractivity contribution in [2.24, 2.45) is 0 Å². The molecule has 3 nitrogen and oxygen atoms in total. The van der Waals surface area contributed by atoms with Crippen LogP contribution in [0.15, 0.2) is 12.2 Å². The Labute approximate surface area is 87.0 Å². The zero-order valence-electron chi connectivity index (χ0n) is 9.36. The molecule has 0 saturated heterocycles. The first-order valence-corrected chi connectivity index (χ1v) is 5.33. The second-order valence-electron chi connectivity index (χ2n) is 3.49. The number of unbranched alkanes of at least 4 members (excludes halogenated alkanes) is 1. The molecule has 0 spiro atoms. The van der Waals surface area contributed by atoms with E-state index in [0.717, 1.165) is 26.1 Å². The molecule has 14 heavy (non-hydrogen) atoms. The summed E-state index contributed by atoms with van der Waals surface area (Å²) in [6.07, 6.45) is 3.42. The van der Waals surface area contributed by atoms with E-state index >= 15 is 0 Å². The highest BCUT2D eigenvalue weighted by atomic mass is 16.1. The summed E-state index contributed by atoms with van der Waals surface area (Å²) in [6.45, 7) is 10.2. The molecule has 0 atom stereocenters. The standard InChI is InChI=1S/C11H22N2O/c1-4-5-7-12-8-6-9-13-11(14)10(2)3/h12H,2,4-9H2,1,3H3,(H,13,14). The van der Waals surface area contributed by atoms with Crippen LogP contribution in [0.1, 0.15) is 33.1 Å². The van der Waals surface area contributed by atoms with E-state index < -0.39 is 0 Å². The molecule has 0 heterocycles. The second-order valence-corrected chi connectivity index (χ2v) is 3.49. The van der Waals surface area contributed by atoms with Gasteiger partial charge in [0.25, 0.3) is 0 Å². The lowest BCUT2D eigenvalue weighted by molar-refractivity contribution is -0.117. The van der Waals surface area contributed by atoms with Gasteiger partial charge < -0.3 is 10.6 Å². The largest absolute Gasteiger partial charge is 0.352 e. The van der Waals surface area contributed by atoms with Crippen LogP contribution in [-0.4, -0.2) is 25.5 Å². The monoisotopic (exact) mass is 198 g/mol. The molecule has 1 amide bonds. The van der Waals surface area contributed by atoms with Crippen molar-refractivity contribution < 1.29 is 4.79 Å². The van der Waals surface area contributed by atoms with Crippen molar-refractivity contribution in [1.29, 1.82) is 0 Å². The van der Waals surface area contributed by atoms with Crippen molar-refractivity contribution in [2.75, 3.05) is 19.6 Å². The molecule has 0 fully saturated rings. The normalized spacial score (nSPS) is 9.86.